The minimum atomic E-state index is -0.411. The third-order valence-electron chi connectivity index (χ3n) is 7.22. The molecule has 1 atom stereocenters. The maximum absolute atomic E-state index is 13.7. The minimum Gasteiger partial charge on any atom is -0.369 e. The number of likely N-dealkylation sites (tertiary alicyclic amines) is 1. The lowest BCUT2D eigenvalue weighted by molar-refractivity contribution is -0.123. The first-order valence-corrected chi connectivity index (χ1v) is 12.7. The number of hydrogen-bond donors (Lipinski definition) is 2. The molecule has 0 bridgehead atoms. The van der Waals surface area contributed by atoms with Crippen molar-refractivity contribution in [1.29, 1.82) is 0 Å². The molecule has 4 rings (SSSR count). The van der Waals surface area contributed by atoms with Gasteiger partial charge in [0.2, 0.25) is 5.91 Å². The number of amides is 3. The topological polar surface area (TPSA) is 92.5 Å². The van der Waals surface area contributed by atoms with Gasteiger partial charge in [-0.3, -0.25) is 14.4 Å². The molecule has 2 aromatic rings. The highest BCUT2D eigenvalue weighted by Crippen LogP contribution is 2.45. The van der Waals surface area contributed by atoms with Gasteiger partial charge in [0.25, 0.3) is 11.8 Å². The standard InChI is InChI=1S/C26H32FN3O3S/c1-26(2,3)17-6-9-19-20(14-17)34-24(29-23(32)16-4-7-18(27)8-5-16)21(19)25(33)30-12-10-15(11-13-30)22(28)31/h4-5,7-8,15,17H,6,9-14H2,1-3H3,(H2,28,31)(H,29,32)/t17-/m1/s1. The highest BCUT2D eigenvalue weighted by molar-refractivity contribution is 7.17. The molecular formula is C26H32FN3O3S. The number of fused-ring (bicyclic) bond motifs is 1. The molecule has 34 heavy (non-hydrogen) atoms. The normalized spacial score (nSPS) is 18.9. The Labute approximate surface area is 203 Å². The molecule has 2 aliphatic rings. The molecule has 3 N–H and O–H groups in total. The summed E-state index contributed by atoms with van der Waals surface area (Å²) in [5.74, 6) is -0.914. The second-order valence-corrected chi connectivity index (χ2v) is 11.5. The molecule has 1 aliphatic carbocycles. The number of piperidine rings is 1. The molecule has 1 saturated heterocycles. The first kappa shape index (κ1) is 24.4. The zero-order chi connectivity index (χ0) is 24.6. The van der Waals surface area contributed by atoms with Gasteiger partial charge >= 0.3 is 0 Å². The van der Waals surface area contributed by atoms with E-state index in [1.807, 2.05) is 0 Å². The number of carbonyl (C=O) groups is 3. The van der Waals surface area contributed by atoms with Crippen molar-refractivity contribution in [3.8, 4) is 0 Å². The molecule has 0 unspecified atom stereocenters. The Hall–Kier alpha value is -2.74. The molecule has 182 valence electrons. The summed E-state index contributed by atoms with van der Waals surface area (Å²) >= 11 is 1.48. The van der Waals surface area contributed by atoms with Crippen LogP contribution in [0.4, 0.5) is 9.39 Å². The summed E-state index contributed by atoms with van der Waals surface area (Å²) in [6.07, 6.45) is 3.76. The van der Waals surface area contributed by atoms with E-state index in [1.54, 1.807) is 4.90 Å². The van der Waals surface area contributed by atoms with E-state index < -0.39 is 5.82 Å². The van der Waals surface area contributed by atoms with E-state index in [2.05, 4.69) is 26.1 Å². The van der Waals surface area contributed by atoms with Crippen LogP contribution in [0, 0.1) is 23.1 Å². The average Bonchev–Trinajstić information content (AvgIpc) is 3.15. The van der Waals surface area contributed by atoms with Crippen LogP contribution in [0.15, 0.2) is 24.3 Å². The Morgan fingerprint density at radius 2 is 1.74 bits per heavy atom. The van der Waals surface area contributed by atoms with Crippen molar-refractivity contribution in [3.05, 3.63) is 51.7 Å². The smallest absolute Gasteiger partial charge is 0.257 e. The number of thiophene rings is 1. The van der Waals surface area contributed by atoms with Gasteiger partial charge in [-0.25, -0.2) is 4.39 Å². The summed E-state index contributed by atoms with van der Waals surface area (Å²) in [6, 6.07) is 5.36. The van der Waals surface area contributed by atoms with Gasteiger partial charge in [-0.1, -0.05) is 20.8 Å². The summed E-state index contributed by atoms with van der Waals surface area (Å²) in [5.41, 5.74) is 7.54. The summed E-state index contributed by atoms with van der Waals surface area (Å²) in [7, 11) is 0. The number of halogens is 1. The monoisotopic (exact) mass is 485 g/mol. The number of nitrogens with zero attached hydrogens (tertiary/aromatic N) is 1. The lowest BCUT2D eigenvalue weighted by Crippen LogP contribution is -2.42. The van der Waals surface area contributed by atoms with Crippen LogP contribution in [-0.2, 0) is 17.6 Å². The molecule has 0 saturated carbocycles. The number of carbonyl (C=O) groups excluding carboxylic acids is 3. The van der Waals surface area contributed by atoms with Crippen molar-refractivity contribution in [2.45, 2.75) is 52.9 Å². The highest BCUT2D eigenvalue weighted by Gasteiger charge is 2.36. The molecular weight excluding hydrogens is 453 g/mol. The molecule has 1 aromatic carbocycles. The van der Waals surface area contributed by atoms with Crippen LogP contribution in [-0.4, -0.2) is 35.7 Å². The summed E-state index contributed by atoms with van der Waals surface area (Å²) in [6.45, 7) is 7.65. The Kier molecular flexibility index (Phi) is 6.80. The van der Waals surface area contributed by atoms with Crippen LogP contribution in [0.1, 0.15) is 71.2 Å². The van der Waals surface area contributed by atoms with Crippen molar-refractivity contribution in [2.75, 3.05) is 18.4 Å². The van der Waals surface area contributed by atoms with Crippen molar-refractivity contribution in [3.63, 3.8) is 0 Å². The van der Waals surface area contributed by atoms with Crippen molar-refractivity contribution in [2.24, 2.45) is 23.0 Å². The second-order valence-electron chi connectivity index (χ2n) is 10.4. The fourth-order valence-electron chi connectivity index (χ4n) is 4.94. The van der Waals surface area contributed by atoms with Gasteiger partial charge in [0.1, 0.15) is 10.8 Å². The van der Waals surface area contributed by atoms with Crippen molar-refractivity contribution >= 4 is 34.1 Å². The number of anilines is 1. The Balaban J connectivity index is 1.64. The van der Waals surface area contributed by atoms with E-state index in [9.17, 15) is 18.8 Å². The van der Waals surface area contributed by atoms with Gasteiger partial charge < -0.3 is 16.0 Å². The largest absolute Gasteiger partial charge is 0.369 e. The Bertz CT molecular complexity index is 1100. The molecule has 1 fully saturated rings. The number of nitrogens with two attached hydrogens (primary N) is 1. The zero-order valence-corrected chi connectivity index (χ0v) is 20.8. The fraction of sp³-hybridized carbons (Fsp3) is 0.500. The maximum atomic E-state index is 13.7. The molecule has 1 aliphatic heterocycles. The third-order valence-corrected chi connectivity index (χ3v) is 8.39. The third kappa shape index (κ3) is 5.02. The molecule has 2 heterocycles. The molecule has 0 spiro atoms. The predicted octanol–water partition coefficient (Wildman–Crippen LogP) is 4.63. The van der Waals surface area contributed by atoms with Crippen LogP contribution in [0.5, 0.6) is 0 Å². The van der Waals surface area contributed by atoms with E-state index in [0.29, 0.717) is 48.0 Å². The minimum absolute atomic E-state index is 0.107. The molecule has 6 nitrogen and oxygen atoms in total. The summed E-state index contributed by atoms with van der Waals surface area (Å²) in [5, 5.41) is 3.49. The van der Waals surface area contributed by atoms with Gasteiger partial charge in [-0.15, -0.1) is 11.3 Å². The Morgan fingerprint density at radius 1 is 1.09 bits per heavy atom. The van der Waals surface area contributed by atoms with Gasteiger partial charge in [-0.05, 0) is 73.3 Å². The summed E-state index contributed by atoms with van der Waals surface area (Å²) < 4.78 is 13.3. The van der Waals surface area contributed by atoms with E-state index >= 15 is 0 Å². The zero-order valence-electron chi connectivity index (χ0n) is 19.9. The van der Waals surface area contributed by atoms with Gasteiger partial charge in [0.15, 0.2) is 0 Å². The number of nitrogens with one attached hydrogen (secondary N) is 1. The fourth-order valence-corrected chi connectivity index (χ4v) is 6.26. The van der Waals surface area contributed by atoms with Crippen molar-refractivity contribution in [1.82, 2.24) is 4.90 Å². The van der Waals surface area contributed by atoms with Crippen molar-refractivity contribution < 1.29 is 18.8 Å². The van der Waals surface area contributed by atoms with E-state index in [0.717, 1.165) is 29.7 Å². The molecule has 3 amide bonds. The SMILES string of the molecule is CC(C)(C)[C@@H]1CCc2c(sc(NC(=O)c3ccc(F)cc3)c2C(=O)N2CCC(C(N)=O)CC2)C1. The van der Waals surface area contributed by atoms with Crippen LogP contribution in [0.3, 0.4) is 0 Å². The lowest BCUT2D eigenvalue weighted by atomic mass is 9.72. The van der Waals surface area contributed by atoms with E-state index in [-0.39, 0.29) is 29.1 Å². The van der Waals surface area contributed by atoms with Crippen LogP contribution in [0.2, 0.25) is 0 Å². The lowest BCUT2D eigenvalue weighted by Gasteiger charge is -2.34. The maximum Gasteiger partial charge on any atom is 0.257 e. The van der Waals surface area contributed by atoms with E-state index in [1.165, 1.54) is 35.6 Å². The molecule has 0 radical (unpaired) electrons. The number of rotatable bonds is 4. The average molecular weight is 486 g/mol. The predicted molar refractivity (Wildman–Crippen MR) is 131 cm³/mol. The van der Waals surface area contributed by atoms with Crippen LogP contribution >= 0.6 is 11.3 Å². The number of primary amides is 1. The van der Waals surface area contributed by atoms with Gasteiger partial charge in [0.05, 0.1) is 5.56 Å². The van der Waals surface area contributed by atoms with Crippen LogP contribution < -0.4 is 11.1 Å². The first-order valence-electron chi connectivity index (χ1n) is 11.8. The first-order chi connectivity index (χ1) is 16.0. The highest BCUT2D eigenvalue weighted by atomic mass is 32.1. The van der Waals surface area contributed by atoms with E-state index in [4.69, 9.17) is 5.73 Å². The Morgan fingerprint density at radius 3 is 2.32 bits per heavy atom. The summed E-state index contributed by atoms with van der Waals surface area (Å²) in [4.78, 5) is 41.1. The van der Waals surface area contributed by atoms with Crippen LogP contribution in [0.25, 0.3) is 0 Å². The number of benzene rings is 1. The van der Waals surface area contributed by atoms with Gasteiger partial charge in [0, 0.05) is 29.4 Å². The second kappa shape index (κ2) is 9.49. The quantitative estimate of drug-likeness (QED) is 0.661. The molecule has 8 heteroatoms. The number of hydrogen-bond acceptors (Lipinski definition) is 4. The molecule has 1 aromatic heterocycles. The van der Waals surface area contributed by atoms with Gasteiger partial charge in [-0.2, -0.15) is 0 Å².